The Bertz CT molecular complexity index is 1540. The van der Waals surface area contributed by atoms with Gasteiger partial charge < -0.3 is 10.0 Å². The number of aryl methyl sites for hydroxylation is 1. The van der Waals surface area contributed by atoms with Gasteiger partial charge in [0.05, 0.1) is 16.5 Å². The van der Waals surface area contributed by atoms with E-state index in [-0.39, 0.29) is 45.1 Å². The predicted octanol–water partition coefficient (Wildman–Crippen LogP) is 0.482. The van der Waals surface area contributed by atoms with Crippen LogP contribution in [-0.2, 0) is 27.4 Å². The van der Waals surface area contributed by atoms with E-state index in [1.807, 2.05) is 4.98 Å². The third kappa shape index (κ3) is 6.85. The number of benzene rings is 1. The average molecular weight is 588 g/mol. The highest BCUT2D eigenvalue weighted by molar-refractivity contribution is 7.81. The van der Waals surface area contributed by atoms with Crippen LogP contribution in [0, 0.1) is 17.0 Å². The number of amides is 1. The monoisotopic (exact) mass is 587 g/mol. The highest BCUT2D eigenvalue weighted by atomic mass is 35.5. The van der Waals surface area contributed by atoms with Gasteiger partial charge in [-0.25, -0.2) is 13.3 Å². The van der Waals surface area contributed by atoms with Gasteiger partial charge in [0.1, 0.15) is 13.1 Å². The number of nitro groups is 1. The molecule has 1 unspecified atom stereocenters. The summed E-state index contributed by atoms with van der Waals surface area (Å²) in [6.07, 6.45) is 1.15. The van der Waals surface area contributed by atoms with E-state index in [0.29, 0.717) is 0 Å². The van der Waals surface area contributed by atoms with Gasteiger partial charge in [-0.3, -0.25) is 38.6 Å². The number of hydrogen-bond donors (Lipinski definition) is 3. The van der Waals surface area contributed by atoms with Crippen LogP contribution in [0.3, 0.4) is 0 Å². The zero-order valence-corrected chi connectivity index (χ0v) is 21.7. The normalized spacial score (nSPS) is 11.7. The van der Waals surface area contributed by atoms with Crippen molar-refractivity contribution < 1.29 is 28.4 Å². The number of carboxylic acids is 1. The molecule has 0 aliphatic carbocycles. The standard InChI is InChI=1S/C19H18ClN7O9S2/c1-10-7-25(18(32)21-16(10)31)8-14(28)24(9-15(29)30)4-5-26(38(35)36)19-23-22-17(37-19)12-3-2-11(27(33)34)6-13(12)20/h2-3,6-7H,4-5,8-9H2,1H3,(H,29,30)(H,35,36)(H,21,31,32). The Morgan fingerprint density at radius 3 is 2.61 bits per heavy atom. The smallest absolute Gasteiger partial charge is 0.328 e. The van der Waals surface area contributed by atoms with E-state index in [4.69, 9.17) is 11.6 Å². The molecule has 2 aromatic heterocycles. The van der Waals surface area contributed by atoms with Crippen LogP contribution in [0.1, 0.15) is 5.56 Å². The highest BCUT2D eigenvalue weighted by Crippen LogP contribution is 2.35. The van der Waals surface area contributed by atoms with Crippen LogP contribution in [0.2, 0.25) is 5.02 Å². The number of hydrogen-bond acceptors (Lipinski definition) is 10. The Hall–Kier alpha value is -4.00. The van der Waals surface area contributed by atoms with E-state index in [0.717, 1.165) is 37.4 Å². The molecule has 0 fully saturated rings. The van der Waals surface area contributed by atoms with Gasteiger partial charge >= 0.3 is 11.7 Å². The number of nitrogens with one attached hydrogen (secondary N) is 1. The van der Waals surface area contributed by atoms with Crippen molar-refractivity contribution >= 4 is 56.9 Å². The number of aliphatic carboxylic acids is 1. The summed E-state index contributed by atoms with van der Waals surface area (Å²) in [5.41, 5.74) is -1.30. The molecular formula is C19H18ClN7O9S2. The van der Waals surface area contributed by atoms with Gasteiger partial charge in [-0.1, -0.05) is 22.9 Å². The van der Waals surface area contributed by atoms with Crippen LogP contribution in [0.4, 0.5) is 10.8 Å². The van der Waals surface area contributed by atoms with Gasteiger partial charge in [0, 0.05) is 36.0 Å². The largest absolute Gasteiger partial charge is 0.480 e. The van der Waals surface area contributed by atoms with E-state index in [9.17, 15) is 43.2 Å². The lowest BCUT2D eigenvalue weighted by atomic mass is 10.2. The molecule has 3 aromatic rings. The molecule has 16 nitrogen and oxygen atoms in total. The summed E-state index contributed by atoms with van der Waals surface area (Å²) in [4.78, 5) is 60.8. The molecule has 0 saturated carbocycles. The molecule has 0 bridgehead atoms. The quantitative estimate of drug-likeness (QED) is 0.159. The molecule has 202 valence electrons. The van der Waals surface area contributed by atoms with Crippen LogP contribution in [0.15, 0.2) is 34.0 Å². The molecule has 0 radical (unpaired) electrons. The van der Waals surface area contributed by atoms with Gasteiger partial charge in [0.2, 0.25) is 11.0 Å². The number of nitro benzene ring substituents is 1. The van der Waals surface area contributed by atoms with Gasteiger partial charge in [-0.15, -0.1) is 10.2 Å². The van der Waals surface area contributed by atoms with Crippen LogP contribution in [0.25, 0.3) is 10.6 Å². The fourth-order valence-electron chi connectivity index (χ4n) is 3.11. The Kier molecular flexibility index (Phi) is 9.04. The second-order valence-corrected chi connectivity index (χ2v) is 9.82. The number of carbonyl (C=O) groups is 2. The molecule has 1 aromatic carbocycles. The number of carboxylic acid groups (broad SMARTS) is 1. The van der Waals surface area contributed by atoms with Crippen molar-refractivity contribution in [3.63, 3.8) is 0 Å². The fraction of sp³-hybridized carbons (Fsp3) is 0.263. The van der Waals surface area contributed by atoms with Crippen molar-refractivity contribution in [2.24, 2.45) is 0 Å². The minimum Gasteiger partial charge on any atom is -0.480 e. The molecule has 3 N–H and O–H groups in total. The van der Waals surface area contributed by atoms with Crippen molar-refractivity contribution in [3.8, 4) is 10.6 Å². The maximum absolute atomic E-state index is 12.8. The highest BCUT2D eigenvalue weighted by Gasteiger charge is 2.24. The van der Waals surface area contributed by atoms with Crippen molar-refractivity contribution in [3.05, 3.63) is 65.9 Å². The summed E-state index contributed by atoms with van der Waals surface area (Å²) >= 11 is 4.28. The minimum absolute atomic E-state index is 0.00420. The summed E-state index contributed by atoms with van der Waals surface area (Å²) < 4.78 is 23.6. The molecule has 19 heteroatoms. The second-order valence-electron chi connectivity index (χ2n) is 7.55. The molecule has 3 rings (SSSR count). The van der Waals surface area contributed by atoms with Crippen LogP contribution in [0.5, 0.6) is 0 Å². The maximum atomic E-state index is 12.8. The maximum Gasteiger partial charge on any atom is 0.328 e. The number of anilines is 1. The molecule has 1 atom stereocenters. The summed E-state index contributed by atoms with van der Waals surface area (Å²) in [6, 6.07) is 3.66. The SMILES string of the molecule is Cc1cn(CC(=O)N(CCN(c2nnc(-c3ccc([N+](=O)[O-])cc3Cl)s2)S(=O)O)CC(=O)O)c(=O)[nH]c1=O. The van der Waals surface area contributed by atoms with E-state index in [1.54, 1.807) is 0 Å². The molecule has 0 saturated heterocycles. The summed E-state index contributed by atoms with van der Waals surface area (Å²) in [5, 5.41) is 28.0. The lowest BCUT2D eigenvalue weighted by molar-refractivity contribution is -0.384. The molecule has 38 heavy (non-hydrogen) atoms. The Morgan fingerprint density at radius 1 is 1.29 bits per heavy atom. The fourth-order valence-corrected chi connectivity index (χ4v) is 4.95. The number of H-pyrrole nitrogens is 1. The Labute approximate surface area is 223 Å². The number of halogens is 1. The third-order valence-corrected chi connectivity index (χ3v) is 7.10. The molecular weight excluding hydrogens is 570 g/mol. The van der Waals surface area contributed by atoms with E-state index in [2.05, 4.69) is 10.2 Å². The first kappa shape index (κ1) is 28.6. The summed E-state index contributed by atoms with van der Waals surface area (Å²) in [7, 11) is 0. The van der Waals surface area contributed by atoms with E-state index < -0.39 is 52.4 Å². The lowest BCUT2D eigenvalue weighted by Gasteiger charge is -2.24. The minimum atomic E-state index is -2.66. The van der Waals surface area contributed by atoms with Gasteiger partial charge in [0.15, 0.2) is 5.01 Å². The Balaban J connectivity index is 1.80. The molecule has 0 aliphatic rings. The lowest BCUT2D eigenvalue weighted by Crippen LogP contribution is -2.44. The van der Waals surface area contributed by atoms with Crippen molar-refractivity contribution in [2.45, 2.75) is 13.5 Å². The zero-order chi connectivity index (χ0) is 28.1. The average Bonchev–Trinajstić information content (AvgIpc) is 3.30. The van der Waals surface area contributed by atoms with Gasteiger partial charge in [-0.05, 0) is 13.0 Å². The first-order valence-electron chi connectivity index (χ1n) is 10.3. The topological polar surface area (TPSA) is 222 Å². The molecule has 1 amide bonds. The first-order valence-corrected chi connectivity index (χ1v) is 12.6. The number of aromatic amines is 1. The van der Waals surface area contributed by atoms with Gasteiger partial charge in [-0.2, -0.15) is 0 Å². The van der Waals surface area contributed by atoms with Crippen molar-refractivity contribution in [1.82, 2.24) is 24.6 Å². The molecule has 0 spiro atoms. The number of rotatable bonds is 11. The predicted molar refractivity (Wildman–Crippen MR) is 135 cm³/mol. The van der Waals surface area contributed by atoms with E-state index in [1.165, 1.54) is 19.1 Å². The van der Waals surface area contributed by atoms with Crippen LogP contribution < -0.4 is 15.6 Å². The van der Waals surface area contributed by atoms with Crippen LogP contribution >= 0.6 is 22.9 Å². The number of nitrogens with zero attached hydrogens (tertiary/aromatic N) is 6. The number of carbonyl (C=O) groups excluding carboxylic acids is 1. The number of non-ortho nitro benzene ring substituents is 1. The zero-order valence-electron chi connectivity index (χ0n) is 19.3. The van der Waals surface area contributed by atoms with Crippen molar-refractivity contribution in [2.75, 3.05) is 23.9 Å². The summed E-state index contributed by atoms with van der Waals surface area (Å²) in [5.74, 6) is -2.17. The third-order valence-electron chi connectivity index (χ3n) is 4.96. The second kappa shape index (κ2) is 12.0. The molecule has 2 heterocycles. The van der Waals surface area contributed by atoms with Crippen molar-refractivity contribution in [1.29, 1.82) is 0 Å². The van der Waals surface area contributed by atoms with E-state index >= 15 is 0 Å². The number of aromatic nitrogens is 4. The summed E-state index contributed by atoms with van der Waals surface area (Å²) in [6.45, 7) is -0.663. The van der Waals surface area contributed by atoms with Crippen LogP contribution in [-0.4, -0.2) is 75.0 Å². The first-order chi connectivity index (χ1) is 17.9. The van der Waals surface area contributed by atoms with Gasteiger partial charge in [0.25, 0.3) is 22.5 Å². The molecule has 0 aliphatic heterocycles. The Morgan fingerprint density at radius 2 is 2.00 bits per heavy atom.